The van der Waals surface area contributed by atoms with Crippen LogP contribution in [0, 0.1) is 35.5 Å². The molecule has 1 heterocycles. The van der Waals surface area contributed by atoms with Crippen molar-refractivity contribution in [1.29, 1.82) is 0 Å². The number of hydrogen-bond donors (Lipinski definition) is 1. The van der Waals surface area contributed by atoms with Crippen molar-refractivity contribution < 1.29 is 0 Å². The standard InChI is InChI=1S/C17H35N/c1-10(2)14-9-15(11(3)4)18-17(13(7)8)16(14)12(5)6/h10-18H,9H2,1-8H3. The van der Waals surface area contributed by atoms with Gasteiger partial charge in [-0.1, -0.05) is 55.4 Å². The predicted octanol–water partition coefficient (Wildman–Crippen LogP) is 4.57. The Labute approximate surface area is 115 Å². The molecular formula is C17H35N. The molecule has 18 heavy (non-hydrogen) atoms. The van der Waals surface area contributed by atoms with E-state index in [2.05, 4.69) is 60.7 Å². The Morgan fingerprint density at radius 3 is 1.61 bits per heavy atom. The summed E-state index contributed by atoms with van der Waals surface area (Å²) in [6.07, 6.45) is 1.36. The van der Waals surface area contributed by atoms with Crippen LogP contribution in [0.5, 0.6) is 0 Å². The normalized spacial score (nSPS) is 34.0. The molecule has 4 atom stereocenters. The molecule has 0 aromatic carbocycles. The molecule has 0 aromatic heterocycles. The predicted molar refractivity (Wildman–Crippen MR) is 81.7 cm³/mol. The molecule has 1 rings (SSSR count). The molecule has 1 heteroatoms. The molecular weight excluding hydrogens is 218 g/mol. The Balaban J connectivity index is 2.97. The lowest BCUT2D eigenvalue weighted by Crippen LogP contribution is -2.57. The molecule has 0 spiro atoms. The van der Waals surface area contributed by atoms with Crippen LogP contribution in [0.3, 0.4) is 0 Å². The van der Waals surface area contributed by atoms with Gasteiger partial charge in [-0.25, -0.2) is 0 Å². The van der Waals surface area contributed by atoms with Crippen LogP contribution in [-0.2, 0) is 0 Å². The molecule has 1 aliphatic heterocycles. The topological polar surface area (TPSA) is 12.0 Å². The zero-order valence-corrected chi connectivity index (χ0v) is 13.8. The third kappa shape index (κ3) is 3.50. The van der Waals surface area contributed by atoms with Crippen LogP contribution >= 0.6 is 0 Å². The molecule has 0 saturated carbocycles. The van der Waals surface area contributed by atoms with Crippen LogP contribution in [0.15, 0.2) is 0 Å². The minimum absolute atomic E-state index is 0.693. The van der Waals surface area contributed by atoms with Gasteiger partial charge in [-0.3, -0.25) is 0 Å². The summed E-state index contributed by atoms with van der Waals surface area (Å²) in [5.41, 5.74) is 0. The molecule has 1 nitrogen and oxygen atoms in total. The van der Waals surface area contributed by atoms with Gasteiger partial charge in [0.1, 0.15) is 0 Å². The van der Waals surface area contributed by atoms with Crippen molar-refractivity contribution >= 4 is 0 Å². The first-order valence-corrected chi connectivity index (χ1v) is 8.01. The first-order valence-electron chi connectivity index (χ1n) is 8.01. The third-order valence-electron chi connectivity index (χ3n) is 4.99. The molecule has 1 fully saturated rings. The van der Waals surface area contributed by atoms with Gasteiger partial charge in [-0.05, 0) is 41.9 Å². The van der Waals surface area contributed by atoms with Gasteiger partial charge >= 0.3 is 0 Å². The fourth-order valence-corrected chi connectivity index (χ4v) is 3.87. The largest absolute Gasteiger partial charge is 0.310 e. The van der Waals surface area contributed by atoms with Crippen LogP contribution in [0.1, 0.15) is 61.8 Å². The fraction of sp³-hybridized carbons (Fsp3) is 1.00. The van der Waals surface area contributed by atoms with Gasteiger partial charge in [0.15, 0.2) is 0 Å². The second kappa shape index (κ2) is 6.41. The summed E-state index contributed by atoms with van der Waals surface area (Å²) in [7, 11) is 0. The molecule has 0 bridgehead atoms. The number of nitrogens with one attached hydrogen (secondary N) is 1. The van der Waals surface area contributed by atoms with Crippen molar-refractivity contribution in [2.45, 2.75) is 73.9 Å². The summed E-state index contributed by atoms with van der Waals surface area (Å²) in [6.45, 7) is 19.1. The highest BCUT2D eigenvalue weighted by molar-refractivity contribution is 4.96. The Bertz CT molecular complexity index is 224. The highest BCUT2D eigenvalue weighted by Gasteiger charge is 2.41. The average molecular weight is 253 g/mol. The van der Waals surface area contributed by atoms with E-state index in [1.54, 1.807) is 0 Å². The van der Waals surface area contributed by atoms with Gasteiger partial charge in [-0.2, -0.15) is 0 Å². The Hall–Kier alpha value is -0.0400. The third-order valence-corrected chi connectivity index (χ3v) is 4.99. The van der Waals surface area contributed by atoms with Gasteiger partial charge in [0, 0.05) is 12.1 Å². The smallest absolute Gasteiger partial charge is 0.0126 e. The lowest BCUT2D eigenvalue weighted by Gasteiger charge is -2.49. The summed E-state index contributed by atoms with van der Waals surface area (Å²) >= 11 is 0. The Kier molecular flexibility index (Phi) is 5.70. The molecule has 0 radical (unpaired) electrons. The van der Waals surface area contributed by atoms with E-state index in [9.17, 15) is 0 Å². The van der Waals surface area contributed by atoms with Crippen molar-refractivity contribution in [2.24, 2.45) is 35.5 Å². The summed E-state index contributed by atoms with van der Waals surface area (Å²) in [5, 5.41) is 3.97. The monoisotopic (exact) mass is 253 g/mol. The molecule has 0 aliphatic carbocycles. The number of rotatable bonds is 4. The van der Waals surface area contributed by atoms with Crippen molar-refractivity contribution in [1.82, 2.24) is 5.32 Å². The molecule has 108 valence electrons. The van der Waals surface area contributed by atoms with E-state index in [4.69, 9.17) is 0 Å². The maximum absolute atomic E-state index is 3.97. The van der Waals surface area contributed by atoms with Gasteiger partial charge < -0.3 is 5.32 Å². The lowest BCUT2D eigenvalue weighted by molar-refractivity contribution is 0.0433. The zero-order chi connectivity index (χ0) is 14.0. The van der Waals surface area contributed by atoms with E-state index >= 15 is 0 Å². The minimum Gasteiger partial charge on any atom is -0.310 e. The second-order valence-electron chi connectivity index (χ2n) is 7.75. The van der Waals surface area contributed by atoms with E-state index in [-0.39, 0.29) is 0 Å². The summed E-state index contributed by atoms with van der Waals surface area (Å²) in [4.78, 5) is 0. The van der Waals surface area contributed by atoms with E-state index in [0.717, 1.165) is 35.5 Å². The van der Waals surface area contributed by atoms with Gasteiger partial charge in [-0.15, -0.1) is 0 Å². The first kappa shape index (κ1) is 16.0. The maximum Gasteiger partial charge on any atom is 0.0126 e. The van der Waals surface area contributed by atoms with Gasteiger partial charge in [0.2, 0.25) is 0 Å². The van der Waals surface area contributed by atoms with Crippen molar-refractivity contribution in [3.63, 3.8) is 0 Å². The van der Waals surface area contributed by atoms with Crippen molar-refractivity contribution in [3.8, 4) is 0 Å². The molecule has 0 amide bonds. The van der Waals surface area contributed by atoms with Gasteiger partial charge in [0.25, 0.3) is 0 Å². The van der Waals surface area contributed by atoms with E-state index in [1.165, 1.54) is 6.42 Å². The minimum atomic E-state index is 0.693. The Morgan fingerprint density at radius 2 is 1.28 bits per heavy atom. The van der Waals surface area contributed by atoms with Crippen LogP contribution in [0.4, 0.5) is 0 Å². The van der Waals surface area contributed by atoms with Gasteiger partial charge in [0.05, 0.1) is 0 Å². The van der Waals surface area contributed by atoms with Crippen molar-refractivity contribution in [2.75, 3.05) is 0 Å². The fourth-order valence-electron chi connectivity index (χ4n) is 3.87. The second-order valence-corrected chi connectivity index (χ2v) is 7.75. The van der Waals surface area contributed by atoms with E-state index < -0.39 is 0 Å². The Morgan fingerprint density at radius 1 is 0.722 bits per heavy atom. The average Bonchev–Trinajstić information content (AvgIpc) is 2.26. The molecule has 4 unspecified atom stereocenters. The quantitative estimate of drug-likeness (QED) is 0.773. The summed E-state index contributed by atoms with van der Waals surface area (Å²) < 4.78 is 0. The van der Waals surface area contributed by atoms with Crippen LogP contribution in [0.25, 0.3) is 0 Å². The van der Waals surface area contributed by atoms with Crippen LogP contribution in [0.2, 0.25) is 0 Å². The lowest BCUT2D eigenvalue weighted by atomic mass is 9.64. The highest BCUT2D eigenvalue weighted by Crippen LogP contribution is 2.40. The highest BCUT2D eigenvalue weighted by atomic mass is 15.0. The van der Waals surface area contributed by atoms with Crippen molar-refractivity contribution in [3.05, 3.63) is 0 Å². The molecule has 1 N–H and O–H groups in total. The van der Waals surface area contributed by atoms with E-state index in [0.29, 0.717) is 12.1 Å². The summed E-state index contributed by atoms with van der Waals surface area (Å²) in [6, 6.07) is 1.40. The number of hydrogen-bond acceptors (Lipinski definition) is 1. The zero-order valence-electron chi connectivity index (χ0n) is 13.8. The van der Waals surface area contributed by atoms with E-state index in [1.807, 2.05) is 0 Å². The SMILES string of the molecule is CC(C)C1CC(C(C)C)C(C(C)C)C(C(C)C)N1. The maximum atomic E-state index is 3.97. The molecule has 1 aliphatic rings. The summed E-state index contributed by atoms with van der Waals surface area (Å²) in [5.74, 6) is 4.79. The molecule has 1 saturated heterocycles. The first-order chi connectivity index (χ1) is 8.25. The number of piperidine rings is 1. The van der Waals surface area contributed by atoms with Crippen LogP contribution < -0.4 is 5.32 Å². The van der Waals surface area contributed by atoms with Crippen LogP contribution in [-0.4, -0.2) is 12.1 Å². The molecule has 0 aromatic rings.